The molecule has 0 aliphatic heterocycles. The third-order valence-corrected chi connectivity index (χ3v) is 3.49. The van der Waals surface area contributed by atoms with E-state index in [1.165, 1.54) is 17.7 Å². The number of oxime groups is 1. The van der Waals surface area contributed by atoms with Gasteiger partial charge in [-0.15, -0.1) is 0 Å². The Hall–Kier alpha value is -1.31. The van der Waals surface area contributed by atoms with Crippen LogP contribution in [0.15, 0.2) is 35.5 Å². The van der Waals surface area contributed by atoms with Crippen LogP contribution < -0.4 is 0 Å². The predicted octanol–water partition coefficient (Wildman–Crippen LogP) is 2.81. The van der Waals surface area contributed by atoms with E-state index >= 15 is 0 Å². The maximum atomic E-state index is 4.80. The monoisotopic (exact) mass is 201 g/mol. The molecule has 2 aliphatic rings. The van der Waals surface area contributed by atoms with Crippen molar-refractivity contribution >= 4 is 5.71 Å². The smallest absolute Gasteiger partial charge is 0.106 e. The molecule has 0 radical (unpaired) electrons. The van der Waals surface area contributed by atoms with Crippen LogP contribution >= 0.6 is 0 Å². The maximum Gasteiger partial charge on any atom is 0.106 e. The summed E-state index contributed by atoms with van der Waals surface area (Å²) in [5, 5.41) is 4.02. The fraction of sp³-hybridized carbons (Fsp3) is 0.462. The third kappa shape index (κ3) is 1.65. The lowest BCUT2D eigenvalue weighted by Gasteiger charge is -1.97. The molecule has 2 fully saturated rings. The van der Waals surface area contributed by atoms with Crippen LogP contribution in [0.25, 0.3) is 0 Å². The quantitative estimate of drug-likeness (QED) is 0.689. The van der Waals surface area contributed by atoms with Gasteiger partial charge in [-0.1, -0.05) is 35.5 Å². The van der Waals surface area contributed by atoms with Crippen molar-refractivity contribution < 1.29 is 4.84 Å². The Morgan fingerprint density at radius 3 is 2.73 bits per heavy atom. The van der Waals surface area contributed by atoms with E-state index in [-0.39, 0.29) is 0 Å². The molecule has 78 valence electrons. The average molecular weight is 201 g/mol. The number of hydrogen-bond donors (Lipinski definition) is 0. The van der Waals surface area contributed by atoms with Gasteiger partial charge in [0.2, 0.25) is 0 Å². The van der Waals surface area contributed by atoms with Crippen molar-refractivity contribution in [3.05, 3.63) is 35.9 Å². The van der Waals surface area contributed by atoms with E-state index in [0.717, 1.165) is 24.2 Å². The Morgan fingerprint density at radius 1 is 1.20 bits per heavy atom. The summed E-state index contributed by atoms with van der Waals surface area (Å²) in [6, 6.07) is 10.8. The highest BCUT2D eigenvalue weighted by Crippen LogP contribution is 2.57. The first-order valence-corrected chi connectivity index (χ1v) is 5.55. The van der Waals surface area contributed by atoms with Crippen LogP contribution in [0, 0.1) is 11.8 Å². The zero-order valence-corrected chi connectivity index (χ0v) is 8.89. The summed E-state index contributed by atoms with van der Waals surface area (Å²) in [4.78, 5) is 4.80. The summed E-state index contributed by atoms with van der Waals surface area (Å²) >= 11 is 0. The van der Waals surface area contributed by atoms with Gasteiger partial charge in [-0.3, -0.25) is 0 Å². The zero-order valence-electron chi connectivity index (χ0n) is 8.89. The Bertz CT molecular complexity index is 385. The normalized spacial score (nSPS) is 35.3. The lowest BCUT2D eigenvalue weighted by Crippen LogP contribution is -1.88. The fourth-order valence-electron chi connectivity index (χ4n) is 2.53. The Labute approximate surface area is 89.9 Å². The van der Waals surface area contributed by atoms with Crippen molar-refractivity contribution in [3.8, 4) is 0 Å². The van der Waals surface area contributed by atoms with Gasteiger partial charge in [0.15, 0.2) is 0 Å². The molecule has 3 unspecified atom stereocenters. The van der Waals surface area contributed by atoms with Gasteiger partial charge in [-0.05, 0) is 30.2 Å². The molecular weight excluding hydrogens is 186 g/mol. The largest absolute Gasteiger partial charge is 0.399 e. The van der Waals surface area contributed by atoms with Crippen molar-refractivity contribution in [2.45, 2.75) is 18.8 Å². The van der Waals surface area contributed by atoms with Crippen LogP contribution in [0.5, 0.6) is 0 Å². The molecule has 0 N–H and O–H groups in total. The van der Waals surface area contributed by atoms with E-state index in [1.807, 2.05) is 0 Å². The highest BCUT2D eigenvalue weighted by Gasteiger charge is 2.52. The number of rotatable bonds is 3. The number of benzene rings is 1. The molecule has 1 aromatic carbocycles. The minimum atomic E-state index is 0.718. The van der Waals surface area contributed by atoms with Crippen LogP contribution in [-0.4, -0.2) is 12.8 Å². The van der Waals surface area contributed by atoms with E-state index in [9.17, 15) is 0 Å². The number of nitrogens with zero attached hydrogens (tertiary/aromatic N) is 1. The minimum absolute atomic E-state index is 0.718. The van der Waals surface area contributed by atoms with Crippen molar-refractivity contribution in [2.24, 2.45) is 17.0 Å². The van der Waals surface area contributed by atoms with E-state index < -0.39 is 0 Å². The molecule has 1 aromatic rings. The zero-order chi connectivity index (χ0) is 10.3. The van der Waals surface area contributed by atoms with Gasteiger partial charge >= 0.3 is 0 Å². The Kier molecular flexibility index (Phi) is 2.01. The topological polar surface area (TPSA) is 21.6 Å². The van der Waals surface area contributed by atoms with E-state index in [4.69, 9.17) is 4.84 Å². The molecular formula is C13H15NO. The highest BCUT2D eigenvalue weighted by atomic mass is 16.6. The van der Waals surface area contributed by atoms with Gasteiger partial charge in [0, 0.05) is 5.92 Å². The molecule has 0 heterocycles. The summed E-state index contributed by atoms with van der Waals surface area (Å²) in [5.41, 5.74) is 2.76. The fourth-order valence-corrected chi connectivity index (χ4v) is 2.53. The SMILES string of the molecule is CON=C1CC1C1CC1c1ccccc1. The Balaban J connectivity index is 1.64. The van der Waals surface area contributed by atoms with E-state index in [1.54, 1.807) is 7.11 Å². The van der Waals surface area contributed by atoms with E-state index in [0.29, 0.717) is 0 Å². The van der Waals surface area contributed by atoms with Crippen LogP contribution in [-0.2, 0) is 4.84 Å². The average Bonchev–Trinajstić information content (AvgIpc) is 3.12. The van der Waals surface area contributed by atoms with Crippen LogP contribution in [0.3, 0.4) is 0 Å². The molecule has 0 spiro atoms. The van der Waals surface area contributed by atoms with Crippen LogP contribution in [0.1, 0.15) is 24.3 Å². The summed E-state index contributed by atoms with van der Waals surface area (Å²) < 4.78 is 0. The Morgan fingerprint density at radius 2 is 2.00 bits per heavy atom. The molecule has 2 heteroatoms. The van der Waals surface area contributed by atoms with Crippen LogP contribution in [0.2, 0.25) is 0 Å². The van der Waals surface area contributed by atoms with Gasteiger partial charge < -0.3 is 4.84 Å². The highest BCUT2D eigenvalue weighted by molar-refractivity contribution is 6.01. The van der Waals surface area contributed by atoms with Gasteiger partial charge in [0.05, 0.1) is 5.71 Å². The van der Waals surface area contributed by atoms with Gasteiger partial charge in [0.25, 0.3) is 0 Å². The first-order valence-electron chi connectivity index (χ1n) is 5.55. The molecule has 3 atom stereocenters. The summed E-state index contributed by atoms with van der Waals surface area (Å²) in [6.07, 6.45) is 2.49. The summed E-state index contributed by atoms with van der Waals surface area (Å²) in [5.74, 6) is 2.33. The molecule has 0 amide bonds. The van der Waals surface area contributed by atoms with Gasteiger partial charge in [0.1, 0.15) is 7.11 Å². The molecule has 2 nitrogen and oxygen atoms in total. The summed E-state index contributed by atoms with van der Waals surface area (Å²) in [6.45, 7) is 0. The molecule has 2 saturated carbocycles. The lowest BCUT2D eigenvalue weighted by molar-refractivity contribution is 0.214. The molecule has 0 bridgehead atoms. The first-order chi connectivity index (χ1) is 7.40. The van der Waals surface area contributed by atoms with E-state index in [2.05, 4.69) is 35.5 Å². The molecule has 15 heavy (non-hydrogen) atoms. The first kappa shape index (κ1) is 8.96. The second kappa shape index (κ2) is 3.37. The molecule has 0 aromatic heterocycles. The predicted molar refractivity (Wildman–Crippen MR) is 59.8 cm³/mol. The lowest BCUT2D eigenvalue weighted by atomic mass is 10.1. The van der Waals surface area contributed by atoms with Gasteiger partial charge in [-0.2, -0.15) is 0 Å². The maximum absolute atomic E-state index is 4.80. The second-order valence-electron chi connectivity index (χ2n) is 4.49. The van der Waals surface area contributed by atoms with Crippen molar-refractivity contribution in [1.82, 2.24) is 0 Å². The van der Waals surface area contributed by atoms with Crippen molar-refractivity contribution in [2.75, 3.05) is 7.11 Å². The van der Waals surface area contributed by atoms with Crippen molar-refractivity contribution in [3.63, 3.8) is 0 Å². The summed E-state index contributed by atoms with van der Waals surface area (Å²) in [7, 11) is 1.63. The second-order valence-corrected chi connectivity index (χ2v) is 4.49. The minimum Gasteiger partial charge on any atom is -0.399 e. The third-order valence-electron chi connectivity index (χ3n) is 3.49. The van der Waals surface area contributed by atoms with Crippen molar-refractivity contribution in [1.29, 1.82) is 0 Å². The molecule has 0 saturated heterocycles. The van der Waals surface area contributed by atoms with Gasteiger partial charge in [-0.25, -0.2) is 0 Å². The number of hydrogen-bond acceptors (Lipinski definition) is 2. The standard InChI is InChI=1S/C13H15NO/c1-15-14-13-8-12(13)11-7-10(11)9-5-3-2-4-6-9/h2-6,10-12H,7-8H2,1H3. The van der Waals surface area contributed by atoms with Crippen LogP contribution in [0.4, 0.5) is 0 Å². The molecule has 2 aliphatic carbocycles. The molecule has 3 rings (SSSR count).